The number of anilines is 1. The Kier molecular flexibility index (Phi) is 6.36. The lowest BCUT2D eigenvalue weighted by Gasteiger charge is -2.22. The number of nitrogens with zero attached hydrogens (tertiary/aromatic N) is 1. The van der Waals surface area contributed by atoms with E-state index in [9.17, 15) is 9.18 Å². The minimum absolute atomic E-state index is 0.0195. The minimum Gasteiger partial charge on any atom is -0.493 e. The van der Waals surface area contributed by atoms with Crippen LogP contribution in [0.3, 0.4) is 0 Å². The first-order valence-corrected chi connectivity index (χ1v) is 10.2. The largest absolute Gasteiger partial charge is 0.493 e. The van der Waals surface area contributed by atoms with Crippen LogP contribution in [0.15, 0.2) is 40.9 Å². The predicted octanol–water partition coefficient (Wildman–Crippen LogP) is 5.21. The highest BCUT2D eigenvalue weighted by Crippen LogP contribution is 2.35. The summed E-state index contributed by atoms with van der Waals surface area (Å²) in [5, 5.41) is 0. The van der Waals surface area contributed by atoms with Crippen LogP contribution in [0.4, 0.5) is 10.1 Å². The zero-order valence-electron chi connectivity index (χ0n) is 17.0. The Bertz CT molecular complexity index is 897. The van der Waals surface area contributed by atoms with Gasteiger partial charge in [0.2, 0.25) is 0 Å². The molecule has 29 heavy (non-hydrogen) atoms. The van der Waals surface area contributed by atoms with Gasteiger partial charge in [-0.2, -0.15) is 0 Å². The van der Waals surface area contributed by atoms with Crippen molar-refractivity contribution in [3.8, 4) is 17.2 Å². The van der Waals surface area contributed by atoms with E-state index in [2.05, 4.69) is 36.7 Å². The van der Waals surface area contributed by atoms with Gasteiger partial charge in [-0.25, -0.2) is 4.39 Å². The third-order valence-corrected chi connectivity index (χ3v) is 5.09. The summed E-state index contributed by atoms with van der Waals surface area (Å²) in [6.45, 7) is 7.33. The van der Waals surface area contributed by atoms with Crippen LogP contribution in [0.25, 0.3) is 0 Å². The molecule has 2 aromatic carbocycles. The van der Waals surface area contributed by atoms with Gasteiger partial charge in [0.25, 0.3) is 5.91 Å². The quantitative estimate of drug-likeness (QED) is 0.587. The molecule has 2 aromatic rings. The van der Waals surface area contributed by atoms with E-state index >= 15 is 0 Å². The van der Waals surface area contributed by atoms with E-state index in [-0.39, 0.29) is 11.3 Å². The van der Waals surface area contributed by atoms with Gasteiger partial charge in [0.1, 0.15) is 11.6 Å². The molecule has 1 aliphatic heterocycles. The number of benzene rings is 2. The molecule has 0 bridgehead atoms. The summed E-state index contributed by atoms with van der Waals surface area (Å²) >= 11 is 3.11. The van der Waals surface area contributed by atoms with Crippen molar-refractivity contribution < 1.29 is 23.4 Å². The number of halogens is 2. The Morgan fingerprint density at radius 1 is 1.17 bits per heavy atom. The molecular weight excluding hydrogens is 441 g/mol. The van der Waals surface area contributed by atoms with Crippen molar-refractivity contribution in [2.45, 2.75) is 33.3 Å². The van der Waals surface area contributed by atoms with Gasteiger partial charge in [0, 0.05) is 30.8 Å². The van der Waals surface area contributed by atoms with E-state index in [1.807, 2.05) is 12.1 Å². The van der Waals surface area contributed by atoms with Gasteiger partial charge in [-0.3, -0.25) is 4.79 Å². The molecule has 3 rings (SSSR count). The van der Waals surface area contributed by atoms with Crippen LogP contribution in [-0.4, -0.2) is 32.3 Å². The van der Waals surface area contributed by atoms with Crippen LogP contribution in [0.2, 0.25) is 0 Å². The van der Waals surface area contributed by atoms with Gasteiger partial charge in [-0.1, -0.05) is 20.8 Å². The molecule has 0 aliphatic carbocycles. The summed E-state index contributed by atoms with van der Waals surface area (Å²) in [7, 11) is 1.57. The normalized spacial score (nSPS) is 16.8. The molecule has 0 N–H and O–H groups in total. The average molecular weight is 466 g/mol. The fourth-order valence-electron chi connectivity index (χ4n) is 2.97. The molecule has 156 valence electrons. The number of carbonyl (C=O) groups is 1. The Labute approximate surface area is 178 Å². The van der Waals surface area contributed by atoms with E-state index in [1.54, 1.807) is 30.2 Å². The van der Waals surface area contributed by atoms with Crippen molar-refractivity contribution in [2.75, 3.05) is 25.2 Å². The van der Waals surface area contributed by atoms with Crippen molar-refractivity contribution in [1.82, 2.24) is 0 Å². The van der Waals surface area contributed by atoms with Crippen LogP contribution in [0, 0.1) is 11.2 Å². The Morgan fingerprint density at radius 2 is 1.93 bits per heavy atom. The number of hydrogen-bond acceptors (Lipinski definition) is 4. The Balaban J connectivity index is 1.72. The summed E-state index contributed by atoms with van der Waals surface area (Å²) in [5.41, 5.74) is 0.731. The van der Waals surface area contributed by atoms with Crippen molar-refractivity contribution >= 4 is 27.5 Å². The van der Waals surface area contributed by atoms with E-state index < -0.39 is 11.9 Å². The van der Waals surface area contributed by atoms with E-state index in [0.29, 0.717) is 47.0 Å². The Morgan fingerprint density at radius 3 is 2.59 bits per heavy atom. The van der Waals surface area contributed by atoms with E-state index in [1.165, 1.54) is 6.07 Å². The lowest BCUT2D eigenvalue weighted by molar-refractivity contribution is -0.122. The first-order chi connectivity index (χ1) is 13.7. The monoisotopic (exact) mass is 465 g/mol. The summed E-state index contributed by atoms with van der Waals surface area (Å²) < 4.78 is 31.1. The number of amides is 1. The molecule has 0 aromatic heterocycles. The number of methoxy groups -OCH3 is 1. The van der Waals surface area contributed by atoms with Crippen molar-refractivity contribution in [1.29, 1.82) is 0 Å². The number of rotatable bonds is 6. The third-order valence-electron chi connectivity index (χ3n) is 4.45. The van der Waals surface area contributed by atoms with Crippen LogP contribution < -0.4 is 19.1 Å². The second kappa shape index (κ2) is 8.61. The SMILES string of the molecule is COc1cc(N2CCC(Oc3ccc(Br)c(F)c3)C2=O)ccc1OCC(C)(C)C. The maximum Gasteiger partial charge on any atom is 0.268 e. The fraction of sp³-hybridized carbons (Fsp3) is 0.409. The van der Waals surface area contributed by atoms with E-state index in [0.717, 1.165) is 0 Å². The van der Waals surface area contributed by atoms with Crippen LogP contribution >= 0.6 is 15.9 Å². The molecule has 0 spiro atoms. The second-order valence-corrected chi connectivity index (χ2v) is 9.00. The molecule has 0 saturated carbocycles. The zero-order valence-corrected chi connectivity index (χ0v) is 18.6. The molecule has 1 amide bonds. The maximum atomic E-state index is 13.7. The van der Waals surface area contributed by atoms with Crippen molar-refractivity contribution in [2.24, 2.45) is 5.41 Å². The molecule has 7 heteroatoms. The summed E-state index contributed by atoms with van der Waals surface area (Å²) in [6, 6.07) is 9.89. The maximum absolute atomic E-state index is 13.7. The number of hydrogen-bond donors (Lipinski definition) is 0. The molecular formula is C22H25BrFNO4. The molecule has 1 unspecified atom stereocenters. The molecule has 1 atom stereocenters. The molecule has 1 aliphatic rings. The summed E-state index contributed by atoms with van der Waals surface area (Å²) in [6.07, 6.45) is -0.139. The number of ether oxygens (including phenoxy) is 3. The fourth-order valence-corrected chi connectivity index (χ4v) is 3.22. The van der Waals surface area contributed by atoms with Gasteiger partial charge in [-0.15, -0.1) is 0 Å². The first kappa shape index (κ1) is 21.4. The molecule has 1 saturated heterocycles. The minimum atomic E-state index is -0.654. The topological polar surface area (TPSA) is 48.0 Å². The molecule has 5 nitrogen and oxygen atoms in total. The highest BCUT2D eigenvalue weighted by atomic mass is 79.9. The van der Waals surface area contributed by atoms with Gasteiger partial charge < -0.3 is 19.1 Å². The van der Waals surface area contributed by atoms with Crippen molar-refractivity contribution in [3.05, 3.63) is 46.7 Å². The lowest BCUT2D eigenvalue weighted by atomic mass is 9.99. The second-order valence-electron chi connectivity index (χ2n) is 8.15. The predicted molar refractivity (Wildman–Crippen MR) is 113 cm³/mol. The van der Waals surface area contributed by atoms with Gasteiger partial charge in [-0.05, 0) is 45.6 Å². The van der Waals surface area contributed by atoms with Crippen molar-refractivity contribution in [3.63, 3.8) is 0 Å². The lowest BCUT2D eigenvalue weighted by Crippen LogP contribution is -2.32. The van der Waals surface area contributed by atoms with Crippen LogP contribution in [0.1, 0.15) is 27.2 Å². The number of carbonyl (C=O) groups excluding carboxylic acids is 1. The summed E-state index contributed by atoms with van der Waals surface area (Å²) in [5.74, 6) is 0.934. The van der Waals surface area contributed by atoms with Gasteiger partial charge in [0.15, 0.2) is 17.6 Å². The van der Waals surface area contributed by atoms with Gasteiger partial charge in [0.05, 0.1) is 18.2 Å². The van der Waals surface area contributed by atoms with Gasteiger partial charge >= 0.3 is 0 Å². The van der Waals surface area contributed by atoms with E-state index in [4.69, 9.17) is 14.2 Å². The smallest absolute Gasteiger partial charge is 0.268 e. The standard InChI is InChI=1S/C22H25BrFNO4/c1-22(2,3)13-28-18-8-5-14(11-20(18)27-4)25-10-9-19(21(25)26)29-15-6-7-16(23)17(24)12-15/h5-8,11-12,19H,9-10,13H2,1-4H3. The van der Waals surface area contributed by atoms with Crippen LogP contribution in [-0.2, 0) is 4.79 Å². The Hall–Kier alpha value is -2.28. The first-order valence-electron chi connectivity index (χ1n) is 9.42. The average Bonchev–Trinajstić information content (AvgIpc) is 3.02. The van der Waals surface area contributed by atoms with Crippen LogP contribution in [0.5, 0.6) is 17.2 Å². The molecule has 1 heterocycles. The highest BCUT2D eigenvalue weighted by Gasteiger charge is 2.35. The highest BCUT2D eigenvalue weighted by molar-refractivity contribution is 9.10. The third kappa shape index (κ3) is 5.21. The molecule has 1 fully saturated rings. The molecule has 0 radical (unpaired) electrons. The summed E-state index contributed by atoms with van der Waals surface area (Å²) in [4.78, 5) is 14.5. The zero-order chi connectivity index (χ0) is 21.2.